The van der Waals surface area contributed by atoms with Gasteiger partial charge in [-0.2, -0.15) is 0 Å². The third kappa shape index (κ3) is 3.99. The number of nitro benzene ring substituents is 1. The lowest BCUT2D eigenvalue weighted by atomic mass is 10.1. The molecule has 0 aliphatic carbocycles. The molecule has 11 heteroatoms. The molecule has 1 aromatic heterocycles. The van der Waals surface area contributed by atoms with E-state index in [4.69, 9.17) is 27.9 Å². The van der Waals surface area contributed by atoms with E-state index in [1.54, 1.807) is 18.2 Å². The molecule has 150 valence electrons. The van der Waals surface area contributed by atoms with Crippen LogP contribution in [0.3, 0.4) is 0 Å². The second kappa shape index (κ2) is 8.11. The number of halogens is 2. The molecule has 1 aliphatic rings. The molecule has 0 spiro atoms. The molecule has 0 atom stereocenters. The van der Waals surface area contributed by atoms with Crippen LogP contribution in [0, 0.1) is 10.1 Å². The summed E-state index contributed by atoms with van der Waals surface area (Å²) in [6.07, 6.45) is 0. The highest BCUT2D eigenvalue weighted by Crippen LogP contribution is 2.36. The molecule has 0 radical (unpaired) electrons. The van der Waals surface area contributed by atoms with Crippen molar-refractivity contribution in [2.24, 2.45) is 0 Å². The molecule has 8 nitrogen and oxygen atoms in total. The fourth-order valence-electron chi connectivity index (χ4n) is 3.05. The van der Waals surface area contributed by atoms with Crippen LogP contribution in [0.25, 0.3) is 10.2 Å². The number of rotatable bonds is 4. The Morgan fingerprint density at radius 2 is 2.00 bits per heavy atom. The van der Waals surface area contributed by atoms with Gasteiger partial charge in [-0.1, -0.05) is 34.5 Å². The number of amides is 1. The van der Waals surface area contributed by atoms with Crippen LogP contribution in [-0.2, 0) is 4.74 Å². The number of morpholine rings is 1. The number of nitro groups is 1. The maximum Gasteiger partial charge on any atom is 0.270 e. The molecule has 1 amide bonds. The van der Waals surface area contributed by atoms with Gasteiger partial charge in [-0.15, -0.1) is 0 Å². The molecule has 0 saturated carbocycles. The Morgan fingerprint density at radius 3 is 2.72 bits per heavy atom. The van der Waals surface area contributed by atoms with Crippen molar-refractivity contribution in [3.8, 4) is 0 Å². The largest absolute Gasteiger partial charge is 0.378 e. The zero-order chi connectivity index (χ0) is 20.5. The fraction of sp³-hybridized carbons (Fsp3) is 0.222. The summed E-state index contributed by atoms with van der Waals surface area (Å²) >= 11 is 13.4. The summed E-state index contributed by atoms with van der Waals surface area (Å²) in [6.45, 7) is 2.23. The van der Waals surface area contributed by atoms with Crippen LogP contribution in [-0.4, -0.2) is 42.1 Å². The molecular weight excluding hydrogens is 439 g/mol. The van der Waals surface area contributed by atoms with Gasteiger partial charge in [0.15, 0.2) is 5.13 Å². The quantitative estimate of drug-likeness (QED) is 0.458. The Hall–Kier alpha value is -2.46. The van der Waals surface area contributed by atoms with E-state index in [1.165, 1.54) is 23.5 Å². The third-order valence-electron chi connectivity index (χ3n) is 4.46. The molecule has 1 aliphatic heterocycles. The average Bonchev–Trinajstić information content (AvgIpc) is 3.14. The SMILES string of the molecule is O=C(Nc1nc2c(Cl)c(Cl)ccc2s1)c1cc([N+](=O)[O-])ccc1N1CCOCC1. The smallest absolute Gasteiger partial charge is 0.270 e. The Bertz CT molecular complexity index is 1110. The van der Waals surface area contributed by atoms with Gasteiger partial charge in [-0.25, -0.2) is 4.98 Å². The Morgan fingerprint density at radius 1 is 1.24 bits per heavy atom. The van der Waals surface area contributed by atoms with Crippen molar-refractivity contribution in [3.63, 3.8) is 0 Å². The third-order valence-corrected chi connectivity index (χ3v) is 6.19. The van der Waals surface area contributed by atoms with E-state index >= 15 is 0 Å². The zero-order valence-corrected chi connectivity index (χ0v) is 17.2. The topological polar surface area (TPSA) is 97.6 Å². The Balaban J connectivity index is 1.69. The number of nitrogens with zero attached hydrogens (tertiary/aromatic N) is 3. The van der Waals surface area contributed by atoms with Crippen molar-refractivity contribution >= 4 is 67.2 Å². The van der Waals surface area contributed by atoms with E-state index in [9.17, 15) is 14.9 Å². The number of aromatic nitrogens is 1. The molecule has 2 aromatic carbocycles. The monoisotopic (exact) mass is 452 g/mol. The Kier molecular flexibility index (Phi) is 5.55. The van der Waals surface area contributed by atoms with Crippen LogP contribution in [0.5, 0.6) is 0 Å². The van der Waals surface area contributed by atoms with E-state index in [0.717, 1.165) is 4.70 Å². The fourth-order valence-corrected chi connectivity index (χ4v) is 4.34. The maximum absolute atomic E-state index is 13.0. The standard InChI is InChI=1S/C18H14Cl2N4O4S/c19-12-2-4-14-16(15(12)20)21-18(29-14)22-17(25)11-9-10(24(26)27)1-3-13(11)23-5-7-28-8-6-23/h1-4,9H,5-8H2,(H,21,22,25). The highest BCUT2D eigenvalue weighted by molar-refractivity contribution is 7.22. The lowest BCUT2D eigenvalue weighted by Crippen LogP contribution is -2.37. The highest BCUT2D eigenvalue weighted by atomic mass is 35.5. The van der Waals surface area contributed by atoms with Crippen LogP contribution < -0.4 is 10.2 Å². The molecule has 3 aromatic rings. The predicted octanol–water partition coefficient (Wildman–Crippen LogP) is 4.60. The van der Waals surface area contributed by atoms with Crippen LogP contribution in [0.4, 0.5) is 16.5 Å². The molecule has 1 N–H and O–H groups in total. The van der Waals surface area contributed by atoms with Gasteiger partial charge in [0.2, 0.25) is 0 Å². The number of carbonyl (C=O) groups is 1. The summed E-state index contributed by atoms with van der Waals surface area (Å²) in [6, 6.07) is 7.68. The molecule has 0 unspecified atom stereocenters. The van der Waals surface area contributed by atoms with Crippen LogP contribution in [0.1, 0.15) is 10.4 Å². The summed E-state index contributed by atoms with van der Waals surface area (Å²) in [7, 11) is 0. The van der Waals surface area contributed by atoms with Gasteiger partial charge in [0, 0.05) is 25.2 Å². The summed E-state index contributed by atoms with van der Waals surface area (Å²) in [5.41, 5.74) is 1.14. The lowest BCUT2D eigenvalue weighted by molar-refractivity contribution is -0.384. The van der Waals surface area contributed by atoms with Gasteiger partial charge < -0.3 is 9.64 Å². The van der Waals surface area contributed by atoms with Gasteiger partial charge in [0.25, 0.3) is 11.6 Å². The van der Waals surface area contributed by atoms with Crippen LogP contribution in [0.2, 0.25) is 10.0 Å². The lowest BCUT2D eigenvalue weighted by Gasteiger charge is -2.30. The van der Waals surface area contributed by atoms with Crippen molar-refractivity contribution in [2.45, 2.75) is 0 Å². The number of benzene rings is 2. The number of thiazole rings is 1. The van der Waals surface area contributed by atoms with E-state index in [0.29, 0.717) is 52.7 Å². The normalized spacial score (nSPS) is 14.2. The van der Waals surface area contributed by atoms with Gasteiger partial charge in [0.05, 0.1) is 44.1 Å². The van der Waals surface area contributed by atoms with Crippen LogP contribution >= 0.6 is 34.5 Å². The second-order valence-corrected chi connectivity index (χ2v) is 8.06. The van der Waals surface area contributed by atoms with Crippen molar-refractivity contribution in [2.75, 3.05) is 36.5 Å². The van der Waals surface area contributed by atoms with Crippen molar-refractivity contribution in [1.29, 1.82) is 0 Å². The zero-order valence-electron chi connectivity index (χ0n) is 14.9. The molecular formula is C18H14Cl2N4O4S. The van der Waals surface area contributed by atoms with Crippen LogP contribution in [0.15, 0.2) is 30.3 Å². The number of nitrogens with one attached hydrogen (secondary N) is 1. The molecule has 1 fully saturated rings. The number of carbonyl (C=O) groups excluding carboxylic acids is 1. The first-order valence-corrected chi connectivity index (χ1v) is 10.2. The average molecular weight is 453 g/mol. The summed E-state index contributed by atoms with van der Waals surface area (Å²) in [5, 5.41) is 14.9. The Labute approximate surface area is 179 Å². The molecule has 4 rings (SSSR count). The van der Waals surface area contributed by atoms with E-state index in [2.05, 4.69) is 10.3 Å². The van der Waals surface area contributed by atoms with Crippen molar-refractivity contribution in [1.82, 2.24) is 4.98 Å². The minimum Gasteiger partial charge on any atom is -0.378 e. The molecule has 0 bridgehead atoms. The molecule has 1 saturated heterocycles. The first-order valence-electron chi connectivity index (χ1n) is 8.61. The summed E-state index contributed by atoms with van der Waals surface area (Å²) in [5.74, 6) is -0.489. The van der Waals surface area contributed by atoms with Crippen molar-refractivity contribution in [3.05, 3.63) is 56.1 Å². The number of ether oxygens (including phenoxy) is 1. The van der Waals surface area contributed by atoms with E-state index in [1.807, 2.05) is 4.90 Å². The van der Waals surface area contributed by atoms with E-state index in [-0.39, 0.29) is 11.3 Å². The van der Waals surface area contributed by atoms with Gasteiger partial charge >= 0.3 is 0 Å². The van der Waals surface area contributed by atoms with E-state index < -0.39 is 10.8 Å². The summed E-state index contributed by atoms with van der Waals surface area (Å²) < 4.78 is 6.12. The molecule has 29 heavy (non-hydrogen) atoms. The number of non-ortho nitro benzene ring substituents is 1. The number of hydrogen-bond acceptors (Lipinski definition) is 7. The van der Waals surface area contributed by atoms with Gasteiger partial charge in [-0.3, -0.25) is 20.2 Å². The summed E-state index contributed by atoms with van der Waals surface area (Å²) in [4.78, 5) is 30.0. The minimum absolute atomic E-state index is 0.161. The number of fused-ring (bicyclic) bond motifs is 1. The second-order valence-electron chi connectivity index (χ2n) is 6.24. The number of hydrogen-bond donors (Lipinski definition) is 1. The predicted molar refractivity (Wildman–Crippen MR) is 114 cm³/mol. The first kappa shape index (κ1) is 19.8. The minimum atomic E-state index is -0.528. The van der Waals surface area contributed by atoms with Gasteiger partial charge in [0.1, 0.15) is 5.52 Å². The van der Waals surface area contributed by atoms with Crippen molar-refractivity contribution < 1.29 is 14.5 Å². The first-order chi connectivity index (χ1) is 13.9. The molecule has 2 heterocycles. The maximum atomic E-state index is 13.0. The highest BCUT2D eigenvalue weighted by Gasteiger charge is 2.23. The number of anilines is 2. The van der Waals surface area contributed by atoms with Gasteiger partial charge in [-0.05, 0) is 18.2 Å².